The minimum atomic E-state index is -4.77. The van der Waals surface area contributed by atoms with E-state index in [1.807, 2.05) is 6.92 Å². The molecule has 1 aliphatic rings. The maximum Gasteiger partial charge on any atom is 0.433 e. The molecule has 1 amide bonds. The van der Waals surface area contributed by atoms with Crippen LogP contribution in [0.4, 0.5) is 23.2 Å². The molecule has 0 N–H and O–H groups in total. The molecule has 0 spiro atoms. The van der Waals surface area contributed by atoms with Crippen molar-refractivity contribution in [2.75, 3.05) is 18.1 Å². The van der Waals surface area contributed by atoms with Gasteiger partial charge in [-0.15, -0.1) is 0 Å². The fourth-order valence-corrected chi connectivity index (χ4v) is 2.86. The first-order valence-corrected chi connectivity index (χ1v) is 8.06. The smallest absolute Gasteiger partial charge is 0.433 e. The summed E-state index contributed by atoms with van der Waals surface area (Å²) in [7, 11) is 1.01. The molecule has 27 heavy (non-hydrogen) atoms. The summed E-state index contributed by atoms with van der Waals surface area (Å²) < 4.78 is 59.0. The summed E-state index contributed by atoms with van der Waals surface area (Å²) in [4.78, 5) is 25.6. The molecule has 0 saturated carbocycles. The molecule has 1 aromatic carbocycles. The van der Waals surface area contributed by atoms with Crippen molar-refractivity contribution in [1.29, 1.82) is 0 Å². The minimum absolute atomic E-state index is 0.119. The third-order valence-electron chi connectivity index (χ3n) is 4.08. The second-order valence-corrected chi connectivity index (χ2v) is 6.00. The van der Waals surface area contributed by atoms with Crippen molar-refractivity contribution in [2.24, 2.45) is 7.05 Å². The summed E-state index contributed by atoms with van der Waals surface area (Å²) in [5, 5.41) is 3.61. The largest absolute Gasteiger partial charge is 0.481 e. The van der Waals surface area contributed by atoms with Crippen LogP contribution in [0.3, 0.4) is 0 Å². The van der Waals surface area contributed by atoms with Gasteiger partial charge in [-0.1, -0.05) is 6.92 Å². The van der Waals surface area contributed by atoms with Gasteiger partial charge in [0, 0.05) is 31.3 Å². The van der Waals surface area contributed by atoms with Crippen LogP contribution in [0, 0.1) is 5.82 Å². The summed E-state index contributed by atoms with van der Waals surface area (Å²) in [6, 6.07) is 2.57. The Balaban J connectivity index is 2.18. The zero-order valence-corrected chi connectivity index (χ0v) is 14.4. The molecule has 6 nitrogen and oxygen atoms in total. The van der Waals surface area contributed by atoms with E-state index in [-0.39, 0.29) is 29.5 Å². The Hall–Kier alpha value is -2.91. The van der Waals surface area contributed by atoms with E-state index in [9.17, 15) is 27.2 Å². The van der Waals surface area contributed by atoms with E-state index < -0.39 is 28.8 Å². The molecule has 0 aliphatic carbocycles. The average Bonchev–Trinajstić information content (AvgIpc) is 2.58. The lowest BCUT2D eigenvalue weighted by molar-refractivity contribution is -0.144. The molecule has 3 rings (SSSR count). The first-order valence-electron chi connectivity index (χ1n) is 8.06. The monoisotopic (exact) mass is 385 g/mol. The highest BCUT2D eigenvalue weighted by Crippen LogP contribution is 2.37. The van der Waals surface area contributed by atoms with Gasteiger partial charge in [0.2, 0.25) is 5.43 Å². The summed E-state index contributed by atoms with van der Waals surface area (Å²) in [6.07, 6.45) is -4.15. The zero-order chi connectivity index (χ0) is 19.9. The number of halogens is 4. The Kier molecular flexibility index (Phi) is 4.66. The maximum absolute atomic E-state index is 14.5. The maximum atomic E-state index is 14.5. The van der Waals surface area contributed by atoms with E-state index in [0.29, 0.717) is 23.7 Å². The van der Waals surface area contributed by atoms with Gasteiger partial charge in [-0.2, -0.15) is 18.3 Å². The van der Waals surface area contributed by atoms with Gasteiger partial charge in [0.05, 0.1) is 5.69 Å². The summed E-state index contributed by atoms with van der Waals surface area (Å²) in [6.45, 7) is 1.95. The summed E-state index contributed by atoms with van der Waals surface area (Å²) in [5.41, 5.74) is -2.87. The molecule has 0 unspecified atom stereocenters. The van der Waals surface area contributed by atoms with Gasteiger partial charge in [-0.05, 0) is 12.5 Å². The second-order valence-electron chi connectivity index (χ2n) is 6.00. The van der Waals surface area contributed by atoms with Crippen LogP contribution >= 0.6 is 0 Å². The first kappa shape index (κ1) is 18.9. The van der Waals surface area contributed by atoms with Crippen molar-refractivity contribution in [2.45, 2.75) is 19.5 Å². The normalized spacial score (nSPS) is 14.1. The van der Waals surface area contributed by atoms with Gasteiger partial charge in [-0.25, -0.2) is 4.39 Å². The highest BCUT2D eigenvalue weighted by Gasteiger charge is 2.35. The molecule has 0 atom stereocenters. The third-order valence-corrected chi connectivity index (χ3v) is 4.08. The Morgan fingerprint density at radius 3 is 2.56 bits per heavy atom. The second kappa shape index (κ2) is 6.67. The number of aryl methyl sites for hydroxylation is 1. The van der Waals surface area contributed by atoms with E-state index in [0.717, 1.165) is 13.1 Å². The molecule has 0 radical (unpaired) electrons. The van der Waals surface area contributed by atoms with E-state index in [1.165, 1.54) is 11.0 Å². The van der Waals surface area contributed by atoms with Crippen LogP contribution in [-0.2, 0) is 18.0 Å². The van der Waals surface area contributed by atoms with Gasteiger partial charge in [0.1, 0.15) is 23.0 Å². The molecule has 10 heteroatoms. The van der Waals surface area contributed by atoms with Crippen molar-refractivity contribution < 1.29 is 27.1 Å². The number of alkyl halides is 3. The number of rotatable bonds is 3. The third kappa shape index (κ3) is 3.38. The zero-order valence-electron chi connectivity index (χ0n) is 14.4. The molecule has 144 valence electrons. The predicted molar refractivity (Wildman–Crippen MR) is 88.0 cm³/mol. The molecule has 2 heterocycles. The van der Waals surface area contributed by atoms with Gasteiger partial charge >= 0.3 is 6.18 Å². The number of hydrogen-bond acceptors (Lipinski definition) is 4. The van der Waals surface area contributed by atoms with Crippen molar-refractivity contribution in [1.82, 2.24) is 9.78 Å². The van der Waals surface area contributed by atoms with Crippen LogP contribution < -0.4 is 15.1 Å². The number of hydrogen-bond donors (Lipinski definition) is 0. The topological polar surface area (TPSA) is 64.4 Å². The lowest BCUT2D eigenvalue weighted by Crippen LogP contribution is -2.39. The number of fused-ring (bicyclic) bond motifs is 1. The van der Waals surface area contributed by atoms with E-state index in [2.05, 4.69) is 5.10 Å². The SMILES string of the molecule is CCCN1C(=O)COc2cc(F)c(-c3nn(C)c(C(F)(F)F)cc3=O)cc21. The Bertz CT molecular complexity index is 969. The van der Waals surface area contributed by atoms with Gasteiger partial charge < -0.3 is 9.64 Å². The van der Waals surface area contributed by atoms with Gasteiger partial charge in [-0.3, -0.25) is 14.3 Å². The van der Waals surface area contributed by atoms with Crippen molar-refractivity contribution in [3.63, 3.8) is 0 Å². The number of anilines is 1. The number of benzene rings is 1. The molecule has 1 aliphatic heterocycles. The van der Waals surface area contributed by atoms with Crippen molar-refractivity contribution in [3.05, 3.63) is 39.9 Å². The Morgan fingerprint density at radius 2 is 1.93 bits per heavy atom. The van der Waals surface area contributed by atoms with E-state index in [1.54, 1.807) is 0 Å². The Morgan fingerprint density at radius 1 is 1.22 bits per heavy atom. The highest BCUT2D eigenvalue weighted by molar-refractivity contribution is 5.98. The fraction of sp³-hybridized carbons (Fsp3) is 0.353. The fourth-order valence-electron chi connectivity index (χ4n) is 2.86. The Labute approximate surface area is 151 Å². The van der Waals surface area contributed by atoms with Crippen LogP contribution in [-0.4, -0.2) is 28.8 Å². The molecular formula is C17H15F4N3O3. The van der Waals surface area contributed by atoms with Gasteiger partial charge in [0.25, 0.3) is 5.91 Å². The number of aromatic nitrogens is 2. The van der Waals surface area contributed by atoms with E-state index in [4.69, 9.17) is 4.74 Å². The quantitative estimate of drug-likeness (QED) is 0.763. The molecule has 1 aromatic heterocycles. The summed E-state index contributed by atoms with van der Waals surface area (Å²) >= 11 is 0. The molecule has 0 bridgehead atoms. The van der Waals surface area contributed by atoms with Crippen LogP contribution in [0.2, 0.25) is 0 Å². The molecule has 0 fully saturated rings. The average molecular weight is 385 g/mol. The number of carbonyl (C=O) groups is 1. The van der Waals surface area contributed by atoms with Crippen LogP contribution in [0.5, 0.6) is 5.75 Å². The van der Waals surface area contributed by atoms with Crippen LogP contribution in [0.1, 0.15) is 19.0 Å². The first-order chi connectivity index (χ1) is 12.6. The van der Waals surface area contributed by atoms with Gasteiger partial charge in [0.15, 0.2) is 6.61 Å². The number of amides is 1. The lowest BCUT2D eigenvalue weighted by atomic mass is 10.1. The predicted octanol–water partition coefficient (Wildman–Crippen LogP) is 2.74. The molecule has 2 aromatic rings. The number of ether oxygens (including phenoxy) is 1. The van der Waals surface area contributed by atoms with Crippen LogP contribution in [0.25, 0.3) is 11.3 Å². The molecular weight excluding hydrogens is 370 g/mol. The van der Waals surface area contributed by atoms with Crippen LogP contribution in [0.15, 0.2) is 23.0 Å². The molecule has 0 saturated heterocycles. The summed E-state index contributed by atoms with van der Waals surface area (Å²) in [5.74, 6) is -1.10. The highest BCUT2D eigenvalue weighted by atomic mass is 19.4. The van der Waals surface area contributed by atoms with E-state index >= 15 is 0 Å². The standard InChI is InChI=1S/C17H15F4N3O3/c1-3-4-24-11-5-9(10(18)6-13(11)27-8-15(24)26)16-12(25)7-14(17(19,20)21)23(2)22-16/h5-7H,3-4,8H2,1-2H3. The lowest BCUT2D eigenvalue weighted by Gasteiger charge is -2.29. The van der Waals surface area contributed by atoms with Crippen molar-refractivity contribution in [3.8, 4) is 17.0 Å². The van der Waals surface area contributed by atoms with Crippen molar-refractivity contribution >= 4 is 11.6 Å². The minimum Gasteiger partial charge on any atom is -0.481 e. The number of nitrogens with zero attached hydrogens (tertiary/aromatic N) is 3. The number of carbonyl (C=O) groups excluding carboxylic acids is 1.